The number of nitrogens with one attached hydrogen (secondary N) is 2. The lowest BCUT2D eigenvalue weighted by molar-refractivity contribution is 0.0948. The van der Waals surface area contributed by atoms with Crippen LogP contribution in [0.1, 0.15) is 26.3 Å². The molecule has 1 aromatic heterocycles. The zero-order valence-electron chi connectivity index (χ0n) is 18.8. The van der Waals surface area contributed by atoms with Crippen molar-refractivity contribution < 1.29 is 22.7 Å². The molecule has 0 spiro atoms. The fourth-order valence-corrected chi connectivity index (χ4v) is 4.24. The number of anilines is 2. The van der Waals surface area contributed by atoms with Crippen LogP contribution in [-0.4, -0.2) is 51.5 Å². The number of pyridine rings is 1. The van der Waals surface area contributed by atoms with Gasteiger partial charge in [-0.25, -0.2) is 13.6 Å². The van der Waals surface area contributed by atoms with Gasteiger partial charge in [0.05, 0.1) is 23.7 Å². The molecule has 1 fully saturated rings. The molecule has 0 unspecified atom stereocenters. The van der Waals surface area contributed by atoms with Gasteiger partial charge in [-0.05, 0) is 48.0 Å². The molecule has 1 saturated heterocycles. The summed E-state index contributed by atoms with van der Waals surface area (Å²) in [4.78, 5) is 31.3. The molecule has 2 heterocycles. The van der Waals surface area contributed by atoms with Crippen LogP contribution in [0.3, 0.4) is 0 Å². The summed E-state index contributed by atoms with van der Waals surface area (Å²) >= 11 is 0. The van der Waals surface area contributed by atoms with Crippen molar-refractivity contribution in [3.05, 3.63) is 83.7 Å². The van der Waals surface area contributed by atoms with Crippen LogP contribution in [0.2, 0.25) is 0 Å². The van der Waals surface area contributed by atoms with Crippen molar-refractivity contribution in [3.63, 3.8) is 0 Å². The maximum Gasteiger partial charge on any atom is 0.255 e. The quantitative estimate of drug-likeness (QED) is 0.453. The number of carbonyl (C=O) groups is 2. The third-order valence-electron chi connectivity index (χ3n) is 5.47. The predicted molar refractivity (Wildman–Crippen MR) is 131 cm³/mol. The number of hydrogen-bond acceptors (Lipinski definition) is 7. The minimum Gasteiger partial charge on any atom is -0.378 e. The Morgan fingerprint density at radius 3 is 2.46 bits per heavy atom. The fraction of sp³-hybridized carbons (Fsp3) is 0.208. The highest BCUT2D eigenvalue weighted by Gasteiger charge is 2.21. The predicted octanol–water partition coefficient (Wildman–Crippen LogP) is 1.75. The van der Waals surface area contributed by atoms with Crippen molar-refractivity contribution >= 4 is 33.2 Å². The summed E-state index contributed by atoms with van der Waals surface area (Å²) in [5.74, 6) is -0.716. The summed E-state index contributed by atoms with van der Waals surface area (Å²) in [6.07, 6.45) is 3.08. The van der Waals surface area contributed by atoms with Gasteiger partial charge in [0.2, 0.25) is 10.0 Å². The topological polar surface area (TPSA) is 144 Å². The third kappa shape index (κ3) is 6.21. The molecule has 1 aliphatic heterocycles. The molecule has 3 aromatic rings. The van der Waals surface area contributed by atoms with Gasteiger partial charge in [-0.1, -0.05) is 12.1 Å². The molecule has 4 N–H and O–H groups in total. The number of morpholine rings is 1. The highest BCUT2D eigenvalue weighted by atomic mass is 32.2. The highest BCUT2D eigenvalue weighted by molar-refractivity contribution is 7.89. The lowest BCUT2D eigenvalue weighted by Gasteiger charge is -2.30. The summed E-state index contributed by atoms with van der Waals surface area (Å²) in [5, 5.41) is 10.9. The van der Waals surface area contributed by atoms with E-state index in [9.17, 15) is 18.0 Å². The van der Waals surface area contributed by atoms with Crippen LogP contribution in [0.15, 0.2) is 71.9 Å². The number of ether oxygens (including phenoxy) is 1. The van der Waals surface area contributed by atoms with Crippen molar-refractivity contribution in [2.75, 3.05) is 36.5 Å². The van der Waals surface area contributed by atoms with Gasteiger partial charge in [0.15, 0.2) is 0 Å². The molecule has 0 aliphatic carbocycles. The van der Waals surface area contributed by atoms with E-state index in [1.165, 1.54) is 24.5 Å². The van der Waals surface area contributed by atoms with E-state index in [1.807, 2.05) is 11.0 Å². The number of amides is 2. The van der Waals surface area contributed by atoms with Crippen molar-refractivity contribution in [3.8, 4) is 0 Å². The number of carbonyl (C=O) groups excluding carboxylic acids is 2. The normalized spacial score (nSPS) is 13.8. The molecular formula is C24H25N5O5S. The average molecular weight is 496 g/mol. The van der Waals surface area contributed by atoms with Crippen LogP contribution < -0.4 is 20.7 Å². The molecule has 0 saturated carbocycles. The lowest BCUT2D eigenvalue weighted by Crippen LogP contribution is -2.38. The van der Waals surface area contributed by atoms with Gasteiger partial charge < -0.3 is 20.3 Å². The Labute approximate surface area is 203 Å². The summed E-state index contributed by atoms with van der Waals surface area (Å²) in [6.45, 7) is 2.34. The monoisotopic (exact) mass is 495 g/mol. The second-order valence-electron chi connectivity index (χ2n) is 7.90. The van der Waals surface area contributed by atoms with E-state index < -0.39 is 15.9 Å². The Balaban J connectivity index is 1.50. The van der Waals surface area contributed by atoms with Crippen molar-refractivity contribution in [1.82, 2.24) is 10.3 Å². The number of benzene rings is 2. The molecule has 11 heteroatoms. The zero-order chi connectivity index (χ0) is 24.8. The Morgan fingerprint density at radius 2 is 1.74 bits per heavy atom. The molecule has 0 radical (unpaired) electrons. The zero-order valence-corrected chi connectivity index (χ0v) is 19.6. The second kappa shape index (κ2) is 10.6. The molecule has 2 aromatic carbocycles. The Bertz CT molecular complexity index is 1330. The number of sulfonamides is 1. The largest absolute Gasteiger partial charge is 0.378 e. The van der Waals surface area contributed by atoms with Crippen molar-refractivity contribution in [2.45, 2.75) is 11.4 Å². The number of nitrogens with zero attached hydrogens (tertiary/aromatic N) is 2. The van der Waals surface area contributed by atoms with E-state index in [2.05, 4.69) is 15.6 Å². The molecule has 2 amide bonds. The summed E-state index contributed by atoms with van der Waals surface area (Å²) in [6, 6.07) is 14.6. The number of rotatable bonds is 7. The van der Waals surface area contributed by atoms with Gasteiger partial charge in [0.25, 0.3) is 11.8 Å². The van der Waals surface area contributed by atoms with Crippen LogP contribution in [0.4, 0.5) is 11.4 Å². The molecule has 1 aliphatic rings. The molecule has 10 nitrogen and oxygen atoms in total. The minimum atomic E-state index is -3.98. The summed E-state index contributed by atoms with van der Waals surface area (Å²) in [5.41, 5.74) is 2.62. The van der Waals surface area contributed by atoms with Crippen LogP contribution in [-0.2, 0) is 21.3 Å². The maximum absolute atomic E-state index is 13.1. The van der Waals surface area contributed by atoms with Crippen LogP contribution in [0.5, 0.6) is 0 Å². The first-order chi connectivity index (χ1) is 16.8. The van der Waals surface area contributed by atoms with Gasteiger partial charge >= 0.3 is 0 Å². The van der Waals surface area contributed by atoms with E-state index in [0.717, 1.165) is 5.56 Å². The first kappa shape index (κ1) is 24.3. The van der Waals surface area contributed by atoms with Gasteiger partial charge in [0.1, 0.15) is 0 Å². The van der Waals surface area contributed by atoms with E-state index in [4.69, 9.17) is 9.88 Å². The number of nitrogens with two attached hydrogens (primary N) is 1. The number of aromatic nitrogens is 1. The second-order valence-corrected chi connectivity index (χ2v) is 9.46. The smallest absolute Gasteiger partial charge is 0.255 e. The van der Waals surface area contributed by atoms with Gasteiger partial charge in [-0.2, -0.15) is 0 Å². The van der Waals surface area contributed by atoms with Crippen molar-refractivity contribution in [2.24, 2.45) is 5.14 Å². The summed E-state index contributed by atoms with van der Waals surface area (Å²) in [7, 11) is -3.98. The molecule has 0 atom stereocenters. The molecule has 0 bridgehead atoms. The fourth-order valence-electron chi connectivity index (χ4n) is 3.70. The van der Waals surface area contributed by atoms with E-state index in [-0.39, 0.29) is 22.9 Å². The summed E-state index contributed by atoms with van der Waals surface area (Å²) < 4.78 is 29.1. The molecule has 182 valence electrons. The highest BCUT2D eigenvalue weighted by Crippen LogP contribution is 2.25. The van der Waals surface area contributed by atoms with Gasteiger partial charge in [-0.15, -0.1) is 0 Å². The first-order valence-corrected chi connectivity index (χ1v) is 12.4. The van der Waals surface area contributed by atoms with E-state index in [1.54, 1.807) is 36.4 Å². The Morgan fingerprint density at radius 1 is 1.00 bits per heavy atom. The van der Waals surface area contributed by atoms with Gasteiger partial charge in [0, 0.05) is 49.0 Å². The van der Waals surface area contributed by atoms with E-state index >= 15 is 0 Å². The Hall–Kier alpha value is -3.80. The molecule has 4 rings (SSSR count). The van der Waals surface area contributed by atoms with Crippen LogP contribution in [0.25, 0.3) is 0 Å². The molecular weight excluding hydrogens is 470 g/mol. The minimum absolute atomic E-state index is 0.138. The molecule has 35 heavy (non-hydrogen) atoms. The number of hydrogen-bond donors (Lipinski definition) is 3. The van der Waals surface area contributed by atoms with Gasteiger partial charge in [-0.3, -0.25) is 14.6 Å². The van der Waals surface area contributed by atoms with E-state index in [0.29, 0.717) is 43.2 Å². The average Bonchev–Trinajstić information content (AvgIpc) is 2.87. The van der Waals surface area contributed by atoms with Crippen LogP contribution >= 0.6 is 0 Å². The third-order valence-corrected chi connectivity index (χ3v) is 6.38. The Kier molecular flexibility index (Phi) is 7.39. The standard InChI is InChI=1S/C24H25N5O5S/c25-35(32,33)20-4-5-22(29-10-12-34-13-11-29)21(15-20)24(31)27-16-17-2-1-3-19(14-17)28-23(30)18-6-8-26-9-7-18/h1-9,14-15H,10-13,16H2,(H,27,31)(H,28,30)(H2,25,32,33). The SMILES string of the molecule is NS(=O)(=O)c1ccc(N2CCOCC2)c(C(=O)NCc2cccc(NC(=O)c3ccncc3)c2)c1. The lowest BCUT2D eigenvalue weighted by atomic mass is 10.1. The maximum atomic E-state index is 13.1. The van der Waals surface area contributed by atoms with Crippen LogP contribution in [0, 0.1) is 0 Å². The number of primary sulfonamides is 1. The first-order valence-electron chi connectivity index (χ1n) is 10.9. The van der Waals surface area contributed by atoms with Crippen molar-refractivity contribution in [1.29, 1.82) is 0 Å².